The van der Waals surface area contributed by atoms with Crippen LogP contribution in [0.15, 0.2) is 23.2 Å². The molecular weight excluding hydrogens is 360 g/mol. The third kappa shape index (κ3) is 4.63. The SMILES string of the molecule is COC(=O)c1nccnc1N.Nc1ncc(Br)nc1C(=O)O. The summed E-state index contributed by atoms with van der Waals surface area (Å²) in [7, 11) is 1.26. The predicted molar refractivity (Wildman–Crippen MR) is 78.9 cm³/mol. The van der Waals surface area contributed by atoms with Gasteiger partial charge >= 0.3 is 11.9 Å². The number of carbonyl (C=O) groups excluding carboxylic acids is 1. The number of esters is 1. The molecule has 116 valence electrons. The Morgan fingerprint density at radius 3 is 2.23 bits per heavy atom. The molecule has 2 heterocycles. The van der Waals surface area contributed by atoms with E-state index in [1.807, 2.05) is 0 Å². The summed E-state index contributed by atoms with van der Waals surface area (Å²) in [5, 5.41) is 8.49. The molecule has 0 saturated heterocycles. The molecule has 0 atom stereocenters. The van der Waals surface area contributed by atoms with Gasteiger partial charge in [0.1, 0.15) is 4.60 Å². The third-order valence-corrected chi connectivity index (χ3v) is 2.46. The van der Waals surface area contributed by atoms with Gasteiger partial charge in [-0.1, -0.05) is 0 Å². The zero-order valence-corrected chi connectivity index (χ0v) is 12.8. The highest BCUT2D eigenvalue weighted by Gasteiger charge is 2.11. The summed E-state index contributed by atoms with van der Waals surface area (Å²) >= 11 is 2.97. The van der Waals surface area contributed by atoms with Gasteiger partial charge in [0.2, 0.25) is 0 Å². The van der Waals surface area contributed by atoms with Crippen molar-refractivity contribution in [3.8, 4) is 0 Å². The van der Waals surface area contributed by atoms with Crippen LogP contribution in [0, 0.1) is 0 Å². The average molecular weight is 371 g/mol. The highest BCUT2D eigenvalue weighted by molar-refractivity contribution is 9.10. The number of carboxylic acids is 1. The zero-order chi connectivity index (χ0) is 16.7. The van der Waals surface area contributed by atoms with Gasteiger partial charge in [-0.2, -0.15) is 0 Å². The van der Waals surface area contributed by atoms with E-state index in [4.69, 9.17) is 16.6 Å². The summed E-state index contributed by atoms with van der Waals surface area (Å²) in [6.07, 6.45) is 4.12. The smallest absolute Gasteiger partial charge is 0.360 e. The molecule has 0 bridgehead atoms. The topological polar surface area (TPSA) is 167 Å². The quantitative estimate of drug-likeness (QED) is 0.627. The van der Waals surface area contributed by atoms with E-state index in [1.165, 1.54) is 25.7 Å². The minimum absolute atomic E-state index is 0.0509. The second kappa shape index (κ2) is 7.83. The van der Waals surface area contributed by atoms with Crippen LogP contribution in [0.25, 0.3) is 0 Å². The van der Waals surface area contributed by atoms with Gasteiger partial charge in [-0.25, -0.2) is 29.5 Å². The average Bonchev–Trinajstić information content (AvgIpc) is 2.50. The molecule has 5 N–H and O–H groups in total. The van der Waals surface area contributed by atoms with E-state index in [-0.39, 0.29) is 23.0 Å². The van der Waals surface area contributed by atoms with Gasteiger partial charge in [0, 0.05) is 12.4 Å². The van der Waals surface area contributed by atoms with Crippen molar-refractivity contribution in [2.45, 2.75) is 0 Å². The number of hydrogen-bond donors (Lipinski definition) is 3. The van der Waals surface area contributed by atoms with E-state index in [1.54, 1.807) is 0 Å². The van der Waals surface area contributed by atoms with Crippen molar-refractivity contribution >= 4 is 39.5 Å². The Labute approximate surface area is 132 Å². The number of hydrogen-bond acceptors (Lipinski definition) is 9. The van der Waals surface area contributed by atoms with E-state index in [9.17, 15) is 9.59 Å². The van der Waals surface area contributed by atoms with Crippen molar-refractivity contribution in [1.82, 2.24) is 19.9 Å². The number of halogens is 1. The molecule has 0 spiro atoms. The number of anilines is 2. The van der Waals surface area contributed by atoms with Crippen LogP contribution in [0.2, 0.25) is 0 Å². The molecule has 0 saturated carbocycles. The van der Waals surface area contributed by atoms with Crippen molar-refractivity contribution in [1.29, 1.82) is 0 Å². The largest absolute Gasteiger partial charge is 0.476 e. The third-order valence-electron chi connectivity index (χ3n) is 2.08. The normalized spacial score (nSPS) is 9.36. The molecule has 2 rings (SSSR count). The van der Waals surface area contributed by atoms with Crippen molar-refractivity contribution in [2.24, 2.45) is 0 Å². The summed E-state index contributed by atoms with van der Waals surface area (Å²) in [6.45, 7) is 0. The molecule has 0 aromatic carbocycles. The maximum Gasteiger partial charge on any atom is 0.360 e. The standard InChI is InChI=1S/C6H7N3O2.C5H4BrN3O2/c1-11-6(10)4-5(7)9-3-2-8-4;6-2-1-8-4(7)3(9-2)5(10)11/h2-3H,1H3,(H2,7,9);1H,(H2,7,8)(H,10,11). The number of aromatic nitrogens is 4. The van der Waals surface area contributed by atoms with E-state index in [2.05, 4.69) is 40.6 Å². The molecule has 10 nitrogen and oxygen atoms in total. The van der Waals surface area contributed by atoms with Gasteiger partial charge in [0.25, 0.3) is 0 Å². The van der Waals surface area contributed by atoms with Crippen molar-refractivity contribution < 1.29 is 19.4 Å². The summed E-state index contributed by atoms with van der Waals surface area (Å²) in [4.78, 5) is 35.7. The van der Waals surface area contributed by atoms with Crippen LogP contribution in [0.5, 0.6) is 0 Å². The molecular formula is C11H11BrN6O4. The minimum Gasteiger partial charge on any atom is -0.476 e. The summed E-state index contributed by atoms with van der Waals surface area (Å²) in [5.74, 6) is -1.76. The number of rotatable bonds is 2. The first-order chi connectivity index (χ1) is 10.4. The Morgan fingerprint density at radius 1 is 1.14 bits per heavy atom. The molecule has 0 unspecified atom stereocenters. The monoisotopic (exact) mass is 370 g/mol. The molecule has 0 aliphatic rings. The Morgan fingerprint density at radius 2 is 1.73 bits per heavy atom. The highest BCUT2D eigenvalue weighted by Crippen LogP contribution is 2.09. The van der Waals surface area contributed by atoms with Crippen molar-refractivity contribution in [3.63, 3.8) is 0 Å². The van der Waals surface area contributed by atoms with Crippen LogP contribution in [-0.2, 0) is 4.74 Å². The van der Waals surface area contributed by atoms with Crippen molar-refractivity contribution in [3.05, 3.63) is 34.6 Å². The first-order valence-corrected chi connectivity index (χ1v) is 6.32. The van der Waals surface area contributed by atoms with Crippen LogP contribution in [0.4, 0.5) is 11.6 Å². The van der Waals surface area contributed by atoms with Gasteiger partial charge in [-0.15, -0.1) is 0 Å². The molecule has 0 radical (unpaired) electrons. The lowest BCUT2D eigenvalue weighted by molar-refractivity contribution is 0.0594. The van der Waals surface area contributed by atoms with E-state index in [0.717, 1.165) is 0 Å². The number of methoxy groups -OCH3 is 1. The highest BCUT2D eigenvalue weighted by atomic mass is 79.9. The Bertz CT molecular complexity index is 696. The lowest BCUT2D eigenvalue weighted by atomic mass is 10.4. The molecule has 11 heteroatoms. The van der Waals surface area contributed by atoms with E-state index < -0.39 is 11.9 Å². The molecule has 2 aromatic rings. The predicted octanol–water partition coefficient (Wildman–Crippen LogP) is 0.365. The van der Waals surface area contributed by atoms with Crippen LogP contribution in [0.3, 0.4) is 0 Å². The first-order valence-electron chi connectivity index (χ1n) is 5.53. The van der Waals surface area contributed by atoms with Crippen LogP contribution < -0.4 is 11.5 Å². The van der Waals surface area contributed by atoms with Gasteiger partial charge in [0.05, 0.1) is 13.3 Å². The second-order valence-electron chi connectivity index (χ2n) is 3.51. The molecule has 0 aliphatic heterocycles. The lowest BCUT2D eigenvalue weighted by Gasteiger charge is -1.98. The number of ether oxygens (including phenoxy) is 1. The maximum absolute atomic E-state index is 10.8. The molecule has 22 heavy (non-hydrogen) atoms. The van der Waals surface area contributed by atoms with E-state index in [0.29, 0.717) is 4.60 Å². The van der Waals surface area contributed by atoms with Crippen LogP contribution >= 0.6 is 15.9 Å². The molecule has 0 amide bonds. The Kier molecular flexibility index (Phi) is 6.13. The molecule has 0 aliphatic carbocycles. The first kappa shape index (κ1) is 17.2. The number of nitrogens with zero attached hydrogens (tertiary/aromatic N) is 4. The number of carboxylic acid groups (broad SMARTS) is 1. The summed E-state index contributed by atoms with van der Waals surface area (Å²) in [5.41, 5.74) is 10.4. The molecule has 2 aromatic heterocycles. The van der Waals surface area contributed by atoms with Gasteiger partial charge in [0.15, 0.2) is 23.0 Å². The van der Waals surface area contributed by atoms with Gasteiger partial charge in [-0.3, -0.25) is 0 Å². The zero-order valence-electron chi connectivity index (χ0n) is 11.2. The van der Waals surface area contributed by atoms with Crippen LogP contribution in [0.1, 0.15) is 21.0 Å². The van der Waals surface area contributed by atoms with Gasteiger partial charge < -0.3 is 21.3 Å². The fourth-order valence-corrected chi connectivity index (χ4v) is 1.42. The van der Waals surface area contributed by atoms with Gasteiger partial charge in [-0.05, 0) is 15.9 Å². The maximum atomic E-state index is 10.8. The Hall–Kier alpha value is -2.82. The second-order valence-corrected chi connectivity index (χ2v) is 4.33. The number of nitrogens with two attached hydrogens (primary N) is 2. The number of nitrogen functional groups attached to an aromatic ring is 2. The fraction of sp³-hybridized carbons (Fsp3) is 0.0909. The fourth-order valence-electron chi connectivity index (χ4n) is 1.14. The van der Waals surface area contributed by atoms with E-state index >= 15 is 0 Å². The summed E-state index contributed by atoms with van der Waals surface area (Å²) in [6, 6.07) is 0. The van der Waals surface area contributed by atoms with Crippen molar-refractivity contribution in [2.75, 3.05) is 18.6 Å². The lowest BCUT2D eigenvalue weighted by Crippen LogP contribution is -2.09. The number of carbonyl (C=O) groups is 2. The van der Waals surface area contributed by atoms with Crippen LogP contribution in [-0.4, -0.2) is 44.1 Å². The minimum atomic E-state index is -1.18. The number of aromatic carboxylic acids is 1. The summed E-state index contributed by atoms with van der Waals surface area (Å²) < 4.78 is 4.75. The molecule has 0 fully saturated rings. The Balaban J connectivity index is 0.000000220.